The van der Waals surface area contributed by atoms with Gasteiger partial charge in [0.15, 0.2) is 5.82 Å². The number of anilines is 3. The van der Waals surface area contributed by atoms with E-state index in [2.05, 4.69) is 26.6 Å². The molecule has 0 spiro atoms. The Morgan fingerprint density at radius 3 is 2.36 bits per heavy atom. The van der Waals surface area contributed by atoms with Gasteiger partial charge in [-0.15, -0.1) is 0 Å². The maximum Gasteiger partial charge on any atom is 0.323 e. The second-order valence-corrected chi connectivity index (χ2v) is 10.5. The summed E-state index contributed by atoms with van der Waals surface area (Å²) in [6.07, 6.45) is 3.57. The largest absolute Gasteiger partial charge is 0.378 e. The summed E-state index contributed by atoms with van der Waals surface area (Å²) in [5.41, 5.74) is 4.22. The number of halogens is 1. The van der Waals surface area contributed by atoms with Crippen molar-refractivity contribution in [2.24, 2.45) is 0 Å². The molecule has 0 unspecified atom stereocenters. The van der Waals surface area contributed by atoms with Crippen molar-refractivity contribution in [3.63, 3.8) is 0 Å². The number of amides is 3. The zero-order valence-electron chi connectivity index (χ0n) is 24.3. The third-order valence-electron chi connectivity index (χ3n) is 7.25. The van der Waals surface area contributed by atoms with E-state index >= 15 is 0 Å². The third-order valence-corrected chi connectivity index (χ3v) is 7.25. The highest BCUT2D eigenvalue weighted by Crippen LogP contribution is 2.32. The van der Waals surface area contributed by atoms with E-state index in [9.17, 15) is 14.0 Å². The fraction of sp³-hybridized carbons (Fsp3) is 0.182. The summed E-state index contributed by atoms with van der Waals surface area (Å²) in [4.78, 5) is 42.4. The summed E-state index contributed by atoms with van der Waals surface area (Å²) >= 11 is 0. The van der Waals surface area contributed by atoms with Crippen LogP contribution in [0.25, 0.3) is 33.4 Å². The van der Waals surface area contributed by atoms with Gasteiger partial charge in [0, 0.05) is 67.3 Å². The monoisotopic (exact) mass is 591 g/mol. The first-order valence-corrected chi connectivity index (χ1v) is 14.1. The van der Waals surface area contributed by atoms with E-state index in [-0.39, 0.29) is 17.2 Å². The molecule has 0 bridgehead atoms. The number of nitrogens with one attached hydrogen (secondary N) is 2. The number of aromatic nitrogens is 3. The van der Waals surface area contributed by atoms with Crippen molar-refractivity contribution in [2.75, 3.05) is 55.9 Å². The molecule has 3 aromatic carbocycles. The number of pyridine rings is 1. The Hall–Kier alpha value is -5.42. The lowest BCUT2D eigenvalue weighted by Gasteiger charge is -2.29. The number of ether oxygens (including phenoxy) is 1. The molecule has 11 heteroatoms. The maximum absolute atomic E-state index is 14.6. The minimum Gasteiger partial charge on any atom is -0.378 e. The van der Waals surface area contributed by atoms with Crippen LogP contribution in [-0.4, -0.2) is 72.2 Å². The molecule has 0 radical (unpaired) electrons. The van der Waals surface area contributed by atoms with E-state index < -0.39 is 11.8 Å². The van der Waals surface area contributed by atoms with Gasteiger partial charge in [-0.1, -0.05) is 12.1 Å². The van der Waals surface area contributed by atoms with Crippen LogP contribution in [-0.2, 0) is 4.74 Å². The van der Waals surface area contributed by atoms with Gasteiger partial charge < -0.3 is 25.2 Å². The predicted molar refractivity (Wildman–Crippen MR) is 168 cm³/mol. The molecule has 1 aliphatic rings. The summed E-state index contributed by atoms with van der Waals surface area (Å²) in [6, 6.07) is 20.5. The highest BCUT2D eigenvalue weighted by Gasteiger charge is 2.19. The van der Waals surface area contributed by atoms with Gasteiger partial charge >= 0.3 is 6.03 Å². The molecular formula is C33H30FN7O3. The number of nitrogens with zero attached hydrogens (tertiary/aromatic N) is 5. The molecule has 2 aromatic heterocycles. The minimum atomic E-state index is -0.709. The van der Waals surface area contributed by atoms with Crippen molar-refractivity contribution in [3.8, 4) is 22.5 Å². The first-order valence-electron chi connectivity index (χ1n) is 14.1. The van der Waals surface area contributed by atoms with Crippen molar-refractivity contribution in [1.29, 1.82) is 0 Å². The zero-order valence-corrected chi connectivity index (χ0v) is 24.3. The molecule has 0 atom stereocenters. The van der Waals surface area contributed by atoms with Crippen LogP contribution in [0.4, 0.5) is 26.4 Å². The Balaban J connectivity index is 1.24. The molecule has 2 N–H and O–H groups in total. The minimum absolute atomic E-state index is 0.0414. The summed E-state index contributed by atoms with van der Waals surface area (Å²) in [6.45, 7) is 2.70. The molecule has 0 aliphatic carbocycles. The molecule has 3 heterocycles. The average Bonchev–Trinajstić information content (AvgIpc) is 3.05. The predicted octanol–water partition coefficient (Wildman–Crippen LogP) is 5.68. The molecule has 222 valence electrons. The summed E-state index contributed by atoms with van der Waals surface area (Å²) in [5.74, 6) is 0.349. The Bertz CT molecular complexity index is 1830. The fourth-order valence-corrected chi connectivity index (χ4v) is 4.97. The van der Waals surface area contributed by atoms with Crippen molar-refractivity contribution in [3.05, 3.63) is 96.6 Å². The lowest BCUT2D eigenvalue weighted by atomic mass is 10.0. The van der Waals surface area contributed by atoms with Crippen molar-refractivity contribution < 1.29 is 18.7 Å². The topological polar surface area (TPSA) is 113 Å². The molecule has 5 aromatic rings. The van der Waals surface area contributed by atoms with Crippen molar-refractivity contribution in [2.45, 2.75) is 0 Å². The van der Waals surface area contributed by atoms with E-state index in [4.69, 9.17) is 14.7 Å². The summed E-state index contributed by atoms with van der Waals surface area (Å²) in [5, 5.41) is 6.15. The number of fused-ring (bicyclic) bond motifs is 1. The molecule has 10 nitrogen and oxygen atoms in total. The Kier molecular flexibility index (Phi) is 8.11. The van der Waals surface area contributed by atoms with Crippen LogP contribution in [0.1, 0.15) is 10.4 Å². The quantitative estimate of drug-likeness (QED) is 0.261. The number of morpholine rings is 1. The number of carbonyl (C=O) groups is 2. The highest BCUT2D eigenvalue weighted by atomic mass is 19.1. The van der Waals surface area contributed by atoms with Gasteiger partial charge in [0.1, 0.15) is 11.6 Å². The van der Waals surface area contributed by atoms with Gasteiger partial charge in [-0.3, -0.25) is 9.78 Å². The van der Waals surface area contributed by atoms with Crippen molar-refractivity contribution >= 4 is 40.0 Å². The highest BCUT2D eigenvalue weighted by molar-refractivity contribution is 6.01. The molecule has 0 saturated carbocycles. The Morgan fingerprint density at radius 2 is 1.66 bits per heavy atom. The van der Waals surface area contributed by atoms with E-state index in [0.717, 1.165) is 52.6 Å². The number of urea groups is 1. The maximum atomic E-state index is 14.6. The smallest absolute Gasteiger partial charge is 0.323 e. The number of benzene rings is 3. The van der Waals surface area contributed by atoms with Crippen LogP contribution < -0.4 is 15.5 Å². The molecule has 1 aliphatic heterocycles. The number of carbonyl (C=O) groups excluding carboxylic acids is 2. The van der Waals surface area contributed by atoms with E-state index in [1.165, 1.54) is 17.0 Å². The second-order valence-electron chi connectivity index (χ2n) is 10.5. The molecular weight excluding hydrogens is 561 g/mol. The molecule has 3 amide bonds. The first-order chi connectivity index (χ1) is 21.4. The van der Waals surface area contributed by atoms with E-state index in [0.29, 0.717) is 24.7 Å². The lowest BCUT2D eigenvalue weighted by molar-refractivity contribution is 0.0827. The number of rotatable bonds is 6. The van der Waals surface area contributed by atoms with E-state index in [1.807, 2.05) is 42.6 Å². The molecule has 6 rings (SSSR count). The van der Waals surface area contributed by atoms with Gasteiger partial charge in [0.05, 0.1) is 24.4 Å². The summed E-state index contributed by atoms with van der Waals surface area (Å²) < 4.78 is 20.1. The Morgan fingerprint density at radius 1 is 0.886 bits per heavy atom. The standard InChI is InChI=1S/C33H30FN7O3/c1-40(2)32(42)23-8-12-28(27(34)18-23)38-33(43)36-25-9-5-21(6-10-25)30-37-29-19-22(24-4-3-13-35-20-24)7-11-26(29)31(39-30)41-14-16-44-17-15-41/h3-13,18-20H,14-17H2,1-2H3,(H2,36,38,43). The molecule has 1 fully saturated rings. The average molecular weight is 592 g/mol. The Labute approximate surface area is 253 Å². The van der Waals surface area contributed by atoms with Crippen LogP contribution in [0, 0.1) is 5.82 Å². The van der Waals surface area contributed by atoms with Gasteiger partial charge in [-0.05, 0) is 66.2 Å². The van der Waals surface area contributed by atoms with Gasteiger partial charge in [-0.2, -0.15) is 0 Å². The lowest BCUT2D eigenvalue weighted by Crippen LogP contribution is -2.37. The van der Waals surface area contributed by atoms with Gasteiger partial charge in [0.2, 0.25) is 0 Å². The van der Waals surface area contributed by atoms with Crippen LogP contribution in [0.5, 0.6) is 0 Å². The van der Waals surface area contributed by atoms with Crippen LogP contribution >= 0.6 is 0 Å². The van der Waals surface area contributed by atoms with Gasteiger partial charge in [-0.25, -0.2) is 19.2 Å². The van der Waals surface area contributed by atoms with Crippen LogP contribution in [0.2, 0.25) is 0 Å². The molecule has 44 heavy (non-hydrogen) atoms. The summed E-state index contributed by atoms with van der Waals surface area (Å²) in [7, 11) is 3.17. The first kappa shape index (κ1) is 28.7. The SMILES string of the molecule is CN(C)C(=O)c1ccc(NC(=O)Nc2ccc(-c3nc(N4CCOCC4)c4ccc(-c5cccnc5)cc4n3)cc2)c(F)c1. The number of hydrogen-bond donors (Lipinski definition) is 2. The third kappa shape index (κ3) is 6.18. The fourth-order valence-electron chi connectivity index (χ4n) is 4.97. The van der Waals surface area contributed by atoms with Crippen LogP contribution in [0.3, 0.4) is 0 Å². The number of hydrogen-bond acceptors (Lipinski definition) is 7. The van der Waals surface area contributed by atoms with E-state index in [1.54, 1.807) is 32.4 Å². The molecule has 1 saturated heterocycles. The van der Waals surface area contributed by atoms with Gasteiger partial charge in [0.25, 0.3) is 5.91 Å². The van der Waals surface area contributed by atoms with Crippen molar-refractivity contribution in [1.82, 2.24) is 19.9 Å². The second kappa shape index (κ2) is 12.4. The zero-order chi connectivity index (χ0) is 30.6. The van der Waals surface area contributed by atoms with Crippen LogP contribution in [0.15, 0.2) is 85.2 Å². The normalized spacial score (nSPS) is 13.0.